The van der Waals surface area contributed by atoms with Crippen LogP contribution < -0.4 is 10.7 Å². The Labute approximate surface area is 143 Å². The van der Waals surface area contributed by atoms with Gasteiger partial charge >= 0.3 is 0 Å². The summed E-state index contributed by atoms with van der Waals surface area (Å²) in [7, 11) is 0. The lowest BCUT2D eigenvalue weighted by molar-refractivity contribution is 0.867. The molecule has 23 heavy (non-hydrogen) atoms. The molecule has 120 valence electrons. The highest BCUT2D eigenvalue weighted by Crippen LogP contribution is 2.17. The predicted molar refractivity (Wildman–Crippen MR) is 103 cm³/mol. The van der Waals surface area contributed by atoms with Gasteiger partial charge in [0.2, 0.25) is 0 Å². The van der Waals surface area contributed by atoms with Gasteiger partial charge in [0.15, 0.2) is 5.11 Å². The summed E-state index contributed by atoms with van der Waals surface area (Å²) in [4.78, 5) is 0. The number of benzene rings is 2. The minimum atomic E-state index is 0.480. The maximum atomic E-state index is 5.28. The maximum absolute atomic E-state index is 5.28. The van der Waals surface area contributed by atoms with E-state index >= 15 is 0 Å². The summed E-state index contributed by atoms with van der Waals surface area (Å²) in [5.41, 5.74) is 8.35. The van der Waals surface area contributed by atoms with Crippen molar-refractivity contribution >= 4 is 28.7 Å². The average Bonchev–Trinajstić information content (AvgIpc) is 2.54. The second kappa shape index (κ2) is 7.88. The van der Waals surface area contributed by atoms with Crippen molar-refractivity contribution in [2.75, 3.05) is 5.32 Å². The van der Waals surface area contributed by atoms with Crippen molar-refractivity contribution in [3.8, 4) is 0 Å². The number of aryl methyl sites for hydroxylation is 1. The molecule has 0 heterocycles. The van der Waals surface area contributed by atoms with Crippen molar-refractivity contribution in [1.29, 1.82) is 0 Å². The van der Waals surface area contributed by atoms with Gasteiger partial charge in [0.25, 0.3) is 0 Å². The fourth-order valence-corrected chi connectivity index (χ4v) is 2.27. The van der Waals surface area contributed by atoms with Crippen LogP contribution >= 0.6 is 12.2 Å². The third kappa shape index (κ3) is 5.18. The molecule has 0 atom stereocenters. The van der Waals surface area contributed by atoms with Gasteiger partial charge in [0, 0.05) is 5.69 Å². The van der Waals surface area contributed by atoms with Crippen LogP contribution in [0.3, 0.4) is 0 Å². The van der Waals surface area contributed by atoms with Crippen molar-refractivity contribution < 1.29 is 0 Å². The fourth-order valence-electron chi connectivity index (χ4n) is 2.10. The summed E-state index contributed by atoms with van der Waals surface area (Å²) in [5.74, 6) is 0.524. The van der Waals surface area contributed by atoms with E-state index in [4.69, 9.17) is 12.2 Å². The second-order valence-electron chi connectivity index (χ2n) is 5.91. The summed E-state index contributed by atoms with van der Waals surface area (Å²) in [6.45, 7) is 8.38. The van der Waals surface area contributed by atoms with Crippen molar-refractivity contribution in [2.45, 2.75) is 33.6 Å². The van der Waals surface area contributed by atoms with Crippen LogP contribution in [0.15, 0.2) is 53.6 Å². The molecule has 0 fully saturated rings. The first-order chi connectivity index (χ1) is 11.0. The molecule has 0 amide bonds. The molecule has 0 aromatic heterocycles. The van der Waals surface area contributed by atoms with E-state index in [1.54, 1.807) is 0 Å². The molecule has 0 aliphatic heterocycles. The fraction of sp³-hybridized carbons (Fsp3) is 0.263. The third-order valence-corrected chi connectivity index (χ3v) is 3.82. The van der Waals surface area contributed by atoms with Crippen LogP contribution in [-0.4, -0.2) is 10.8 Å². The van der Waals surface area contributed by atoms with E-state index in [0.29, 0.717) is 11.0 Å². The van der Waals surface area contributed by atoms with Gasteiger partial charge in [-0.3, -0.25) is 5.43 Å². The van der Waals surface area contributed by atoms with E-state index in [9.17, 15) is 0 Å². The van der Waals surface area contributed by atoms with Crippen LogP contribution in [0.25, 0.3) is 0 Å². The molecule has 0 saturated heterocycles. The lowest BCUT2D eigenvalue weighted by atomic mass is 10.0. The summed E-state index contributed by atoms with van der Waals surface area (Å²) in [6.07, 6.45) is 0. The van der Waals surface area contributed by atoms with E-state index in [1.165, 1.54) is 11.1 Å². The van der Waals surface area contributed by atoms with Gasteiger partial charge in [-0.15, -0.1) is 0 Å². The van der Waals surface area contributed by atoms with Crippen molar-refractivity contribution in [3.05, 3.63) is 65.2 Å². The second-order valence-corrected chi connectivity index (χ2v) is 6.31. The molecule has 0 saturated carbocycles. The molecule has 2 aromatic carbocycles. The smallest absolute Gasteiger partial charge is 0.191 e. The lowest BCUT2D eigenvalue weighted by Gasteiger charge is -2.10. The summed E-state index contributed by atoms with van der Waals surface area (Å²) in [6, 6.07) is 16.5. The van der Waals surface area contributed by atoms with Crippen LogP contribution in [0.5, 0.6) is 0 Å². The Morgan fingerprint density at radius 1 is 1.00 bits per heavy atom. The molecular formula is C19H23N3S. The van der Waals surface area contributed by atoms with Crippen molar-refractivity contribution in [3.63, 3.8) is 0 Å². The first-order valence-corrected chi connectivity index (χ1v) is 8.15. The summed E-state index contributed by atoms with van der Waals surface area (Å²) < 4.78 is 0. The van der Waals surface area contributed by atoms with Crippen LogP contribution in [0, 0.1) is 6.92 Å². The molecule has 0 spiro atoms. The molecule has 0 radical (unpaired) electrons. The van der Waals surface area contributed by atoms with E-state index in [1.807, 2.05) is 19.1 Å². The van der Waals surface area contributed by atoms with Crippen LogP contribution in [0.1, 0.15) is 43.4 Å². The Morgan fingerprint density at radius 3 is 2.17 bits per heavy atom. The molecule has 4 heteroatoms. The summed E-state index contributed by atoms with van der Waals surface area (Å²) >= 11 is 5.28. The number of rotatable bonds is 4. The minimum absolute atomic E-state index is 0.480. The first kappa shape index (κ1) is 17.2. The van der Waals surface area contributed by atoms with Gasteiger partial charge in [0.1, 0.15) is 0 Å². The average molecular weight is 325 g/mol. The maximum Gasteiger partial charge on any atom is 0.191 e. The highest BCUT2D eigenvalue weighted by molar-refractivity contribution is 7.80. The monoisotopic (exact) mass is 325 g/mol. The molecule has 0 aliphatic carbocycles. The lowest BCUT2D eigenvalue weighted by Crippen LogP contribution is -2.24. The van der Waals surface area contributed by atoms with Gasteiger partial charge < -0.3 is 5.32 Å². The number of nitrogens with zero attached hydrogens (tertiary/aromatic N) is 1. The number of anilines is 1. The third-order valence-electron chi connectivity index (χ3n) is 3.63. The minimum Gasteiger partial charge on any atom is -0.331 e. The predicted octanol–water partition coefficient (Wildman–Crippen LogP) is 4.83. The van der Waals surface area contributed by atoms with Gasteiger partial charge in [-0.1, -0.05) is 55.8 Å². The molecular weight excluding hydrogens is 302 g/mol. The zero-order valence-corrected chi connectivity index (χ0v) is 14.9. The molecule has 2 N–H and O–H groups in total. The summed E-state index contributed by atoms with van der Waals surface area (Å²) in [5, 5.41) is 7.95. The molecule has 0 bridgehead atoms. The van der Waals surface area contributed by atoms with Gasteiger partial charge in [-0.25, -0.2) is 0 Å². The standard InChI is InChI=1S/C19H23N3S/c1-13(2)16-9-11-18(12-10-16)20-19(23)22-21-15(4)17-7-5-14(3)6-8-17/h5-13H,1-4H3,(H2,20,22,23)/b21-15+. The number of hydrogen-bond donors (Lipinski definition) is 2. The molecule has 3 nitrogen and oxygen atoms in total. The first-order valence-electron chi connectivity index (χ1n) is 7.74. The van der Waals surface area contributed by atoms with Gasteiger partial charge in [-0.05, 0) is 55.2 Å². The number of hydrazone groups is 1. The Hall–Kier alpha value is -2.20. The quantitative estimate of drug-likeness (QED) is 0.480. The topological polar surface area (TPSA) is 36.4 Å². The largest absolute Gasteiger partial charge is 0.331 e. The Morgan fingerprint density at radius 2 is 1.61 bits per heavy atom. The molecule has 0 aliphatic rings. The van der Waals surface area contributed by atoms with E-state index in [0.717, 1.165) is 17.0 Å². The molecule has 0 unspecified atom stereocenters. The molecule has 2 aromatic rings. The van der Waals surface area contributed by atoms with Gasteiger partial charge in [0.05, 0.1) is 5.71 Å². The van der Waals surface area contributed by atoms with Crippen LogP contribution in [0.2, 0.25) is 0 Å². The van der Waals surface area contributed by atoms with Crippen molar-refractivity contribution in [1.82, 2.24) is 5.43 Å². The highest BCUT2D eigenvalue weighted by Gasteiger charge is 2.01. The van der Waals surface area contributed by atoms with Crippen LogP contribution in [-0.2, 0) is 0 Å². The Kier molecular flexibility index (Phi) is 5.88. The zero-order valence-electron chi connectivity index (χ0n) is 14.1. The van der Waals surface area contributed by atoms with Gasteiger partial charge in [-0.2, -0.15) is 5.10 Å². The Balaban J connectivity index is 1.93. The highest BCUT2D eigenvalue weighted by atomic mass is 32.1. The Bertz CT molecular complexity index is 686. The van der Waals surface area contributed by atoms with Crippen LogP contribution in [0.4, 0.5) is 5.69 Å². The number of hydrogen-bond acceptors (Lipinski definition) is 2. The normalized spacial score (nSPS) is 11.4. The number of thiocarbonyl (C=S) groups is 1. The molecule has 2 rings (SSSR count). The number of nitrogens with one attached hydrogen (secondary N) is 2. The van der Waals surface area contributed by atoms with E-state index in [2.05, 4.69) is 73.0 Å². The zero-order chi connectivity index (χ0) is 16.8. The SMILES string of the molecule is C/C(=N\NC(=S)Nc1ccc(C(C)C)cc1)c1ccc(C)cc1. The van der Waals surface area contributed by atoms with E-state index in [-0.39, 0.29) is 0 Å². The van der Waals surface area contributed by atoms with E-state index < -0.39 is 0 Å². The van der Waals surface area contributed by atoms with Crippen molar-refractivity contribution in [2.24, 2.45) is 5.10 Å².